The molecular formula is C19H17N3O5. The highest BCUT2D eigenvalue weighted by atomic mass is 16.4. The first-order valence-corrected chi connectivity index (χ1v) is 8.24. The second kappa shape index (κ2) is 7.69. The average Bonchev–Trinajstić information content (AvgIpc) is 2.66. The maximum Gasteiger partial charge on any atom is 0.329 e. The van der Waals surface area contributed by atoms with E-state index in [4.69, 9.17) is 5.11 Å². The van der Waals surface area contributed by atoms with Gasteiger partial charge in [0.2, 0.25) is 5.91 Å². The number of carbonyl (C=O) groups is 2. The van der Waals surface area contributed by atoms with Crippen molar-refractivity contribution in [3.63, 3.8) is 0 Å². The lowest BCUT2D eigenvalue weighted by Gasteiger charge is -2.18. The van der Waals surface area contributed by atoms with Gasteiger partial charge in [-0.3, -0.25) is 14.4 Å². The third-order valence-electron chi connectivity index (χ3n) is 4.14. The fraction of sp³-hybridized carbons (Fsp3) is 0.158. The number of nitrogens with zero attached hydrogens (tertiary/aromatic N) is 1. The molecule has 1 amide bonds. The molecule has 0 aliphatic heterocycles. The summed E-state index contributed by atoms with van der Waals surface area (Å²) in [5.74, 6) is -1.94. The Balaban J connectivity index is 2.11. The summed E-state index contributed by atoms with van der Waals surface area (Å²) in [6, 6.07) is 14.2. The van der Waals surface area contributed by atoms with Crippen molar-refractivity contribution in [1.82, 2.24) is 14.9 Å². The summed E-state index contributed by atoms with van der Waals surface area (Å²) in [7, 11) is 0. The molecule has 0 spiro atoms. The van der Waals surface area contributed by atoms with Crippen molar-refractivity contribution < 1.29 is 14.7 Å². The third-order valence-corrected chi connectivity index (χ3v) is 4.14. The number of fused-ring (bicyclic) bond motifs is 1. The van der Waals surface area contributed by atoms with E-state index < -0.39 is 35.7 Å². The zero-order valence-corrected chi connectivity index (χ0v) is 14.2. The molecule has 0 aliphatic carbocycles. The molecule has 0 saturated heterocycles. The lowest BCUT2D eigenvalue weighted by molar-refractivity contribution is -0.138. The zero-order chi connectivity index (χ0) is 19.4. The standard InChI is InChI=1S/C19H17N3O5/c23-16(24)11-20-17(25)15(10-12-6-2-1-3-7-12)22-18(26)13-8-4-5-9-14(13)21-19(22)27/h1-9,15H,10-11H2,(H,20,25)(H,21,27)(H,23,24)/t15-/m0/s1. The second-order valence-electron chi connectivity index (χ2n) is 5.97. The van der Waals surface area contributed by atoms with E-state index in [0.717, 1.165) is 10.1 Å². The van der Waals surface area contributed by atoms with Crippen LogP contribution >= 0.6 is 0 Å². The Morgan fingerprint density at radius 3 is 2.41 bits per heavy atom. The van der Waals surface area contributed by atoms with Crippen molar-refractivity contribution >= 4 is 22.8 Å². The van der Waals surface area contributed by atoms with Gasteiger partial charge in [-0.05, 0) is 17.7 Å². The van der Waals surface area contributed by atoms with E-state index in [1.807, 2.05) is 0 Å². The fourth-order valence-electron chi connectivity index (χ4n) is 2.88. The summed E-state index contributed by atoms with van der Waals surface area (Å²) in [6.45, 7) is -0.607. The summed E-state index contributed by atoms with van der Waals surface area (Å²) in [6.07, 6.45) is 0.0631. The lowest BCUT2D eigenvalue weighted by Crippen LogP contribution is -2.46. The summed E-state index contributed by atoms with van der Waals surface area (Å²) < 4.78 is 0.840. The number of carboxylic acids is 1. The number of aromatic amines is 1. The fourth-order valence-corrected chi connectivity index (χ4v) is 2.88. The first kappa shape index (κ1) is 18.1. The molecule has 8 heteroatoms. The number of rotatable bonds is 6. The van der Waals surface area contributed by atoms with Crippen molar-refractivity contribution in [1.29, 1.82) is 0 Å². The molecule has 0 radical (unpaired) electrons. The molecule has 0 aliphatic rings. The van der Waals surface area contributed by atoms with Gasteiger partial charge in [-0.15, -0.1) is 0 Å². The minimum atomic E-state index is -1.22. The second-order valence-corrected chi connectivity index (χ2v) is 5.97. The molecule has 3 aromatic rings. The van der Waals surface area contributed by atoms with Crippen LogP contribution in [0, 0.1) is 0 Å². The normalized spacial score (nSPS) is 11.9. The Morgan fingerprint density at radius 2 is 1.70 bits per heavy atom. The molecule has 3 N–H and O–H groups in total. The Hall–Kier alpha value is -3.68. The molecular weight excluding hydrogens is 350 g/mol. The van der Waals surface area contributed by atoms with E-state index in [0.29, 0.717) is 5.52 Å². The summed E-state index contributed by atoms with van der Waals surface area (Å²) in [5.41, 5.74) is -0.244. The van der Waals surface area contributed by atoms with E-state index in [9.17, 15) is 19.2 Å². The summed E-state index contributed by atoms with van der Waals surface area (Å²) in [4.78, 5) is 51.4. The van der Waals surface area contributed by atoms with Crippen LogP contribution in [-0.2, 0) is 16.0 Å². The quantitative estimate of drug-likeness (QED) is 0.591. The number of para-hydroxylation sites is 1. The highest BCUT2D eigenvalue weighted by Crippen LogP contribution is 2.13. The highest BCUT2D eigenvalue weighted by molar-refractivity contribution is 5.85. The maximum atomic E-state index is 12.9. The number of aliphatic carboxylic acids is 1. The van der Waals surface area contributed by atoms with Crippen LogP contribution in [0.2, 0.25) is 0 Å². The van der Waals surface area contributed by atoms with Gasteiger partial charge in [0.05, 0.1) is 10.9 Å². The highest BCUT2D eigenvalue weighted by Gasteiger charge is 2.25. The Bertz CT molecular complexity index is 1100. The van der Waals surface area contributed by atoms with Crippen LogP contribution in [0.5, 0.6) is 0 Å². The predicted molar refractivity (Wildman–Crippen MR) is 98.7 cm³/mol. The molecule has 1 heterocycles. The lowest BCUT2D eigenvalue weighted by atomic mass is 10.0. The van der Waals surface area contributed by atoms with Crippen molar-refractivity contribution in [2.45, 2.75) is 12.5 Å². The Kier molecular flexibility index (Phi) is 5.16. The number of carboxylic acid groups (broad SMARTS) is 1. The molecule has 0 saturated carbocycles. The van der Waals surface area contributed by atoms with Crippen molar-refractivity contribution in [3.8, 4) is 0 Å². The van der Waals surface area contributed by atoms with Crippen LogP contribution in [0.1, 0.15) is 11.6 Å². The topological polar surface area (TPSA) is 121 Å². The average molecular weight is 367 g/mol. The van der Waals surface area contributed by atoms with Crippen LogP contribution in [0.4, 0.5) is 0 Å². The van der Waals surface area contributed by atoms with Crippen molar-refractivity contribution in [2.75, 3.05) is 6.54 Å². The van der Waals surface area contributed by atoms with Crippen LogP contribution in [-0.4, -0.2) is 33.1 Å². The van der Waals surface area contributed by atoms with Crippen molar-refractivity contribution in [2.24, 2.45) is 0 Å². The van der Waals surface area contributed by atoms with E-state index >= 15 is 0 Å². The van der Waals surface area contributed by atoms with E-state index in [-0.39, 0.29) is 11.8 Å². The molecule has 138 valence electrons. The summed E-state index contributed by atoms with van der Waals surface area (Å²) >= 11 is 0. The summed E-state index contributed by atoms with van der Waals surface area (Å²) in [5, 5.41) is 11.3. The monoisotopic (exact) mass is 367 g/mol. The SMILES string of the molecule is O=C(O)CNC(=O)[C@H](Cc1ccccc1)n1c(=O)[nH]c2ccccc2c1=O. The molecule has 3 rings (SSSR count). The minimum absolute atomic E-state index is 0.0631. The van der Waals surface area contributed by atoms with E-state index in [2.05, 4.69) is 10.3 Å². The number of hydrogen-bond donors (Lipinski definition) is 3. The van der Waals surface area contributed by atoms with Crippen LogP contribution < -0.4 is 16.6 Å². The molecule has 0 unspecified atom stereocenters. The van der Waals surface area contributed by atoms with Gasteiger partial charge < -0.3 is 15.4 Å². The Labute approximate surface area is 153 Å². The molecule has 2 aromatic carbocycles. The number of aromatic nitrogens is 2. The number of benzene rings is 2. The maximum absolute atomic E-state index is 12.9. The Morgan fingerprint density at radius 1 is 1.04 bits per heavy atom. The molecule has 0 fully saturated rings. The zero-order valence-electron chi connectivity index (χ0n) is 14.2. The van der Waals surface area contributed by atoms with Crippen LogP contribution in [0.15, 0.2) is 64.2 Å². The largest absolute Gasteiger partial charge is 0.480 e. The van der Waals surface area contributed by atoms with Gasteiger partial charge >= 0.3 is 11.7 Å². The van der Waals surface area contributed by atoms with Gasteiger partial charge in [-0.1, -0.05) is 42.5 Å². The van der Waals surface area contributed by atoms with Crippen LogP contribution in [0.25, 0.3) is 10.9 Å². The number of amides is 1. The number of carbonyl (C=O) groups excluding carboxylic acids is 1. The molecule has 8 nitrogen and oxygen atoms in total. The van der Waals surface area contributed by atoms with Gasteiger partial charge in [0.1, 0.15) is 12.6 Å². The number of H-pyrrole nitrogens is 1. The van der Waals surface area contributed by atoms with Crippen LogP contribution in [0.3, 0.4) is 0 Å². The first-order valence-electron chi connectivity index (χ1n) is 8.24. The minimum Gasteiger partial charge on any atom is -0.480 e. The van der Waals surface area contributed by atoms with Gasteiger partial charge in [-0.2, -0.15) is 0 Å². The number of nitrogens with one attached hydrogen (secondary N) is 2. The molecule has 1 atom stereocenters. The molecule has 1 aromatic heterocycles. The first-order chi connectivity index (χ1) is 13.0. The molecule has 27 heavy (non-hydrogen) atoms. The van der Waals surface area contributed by atoms with Gasteiger partial charge in [0, 0.05) is 6.42 Å². The number of hydrogen-bond acceptors (Lipinski definition) is 4. The van der Waals surface area contributed by atoms with Gasteiger partial charge in [0.25, 0.3) is 5.56 Å². The predicted octanol–water partition coefficient (Wildman–Crippen LogP) is 0.674. The van der Waals surface area contributed by atoms with Gasteiger partial charge in [-0.25, -0.2) is 9.36 Å². The third kappa shape index (κ3) is 3.95. The molecule has 0 bridgehead atoms. The van der Waals surface area contributed by atoms with Crippen molar-refractivity contribution in [3.05, 3.63) is 81.0 Å². The van der Waals surface area contributed by atoms with E-state index in [1.54, 1.807) is 54.6 Å². The smallest absolute Gasteiger partial charge is 0.329 e. The van der Waals surface area contributed by atoms with E-state index in [1.165, 1.54) is 0 Å². The van der Waals surface area contributed by atoms with Gasteiger partial charge in [0.15, 0.2) is 0 Å².